The number of nitrogens with zero attached hydrogens (tertiary/aromatic N) is 2. The molecule has 0 saturated carbocycles. The molecule has 0 atom stereocenters. The van der Waals surface area contributed by atoms with Gasteiger partial charge in [0.05, 0.1) is 5.69 Å². The second-order valence-electron chi connectivity index (χ2n) is 6.39. The Labute approximate surface area is 201 Å². The second-order valence-corrected chi connectivity index (χ2v) is 9.19. The van der Waals surface area contributed by atoms with Crippen molar-refractivity contribution in [1.29, 1.82) is 0 Å². The Morgan fingerprint density at radius 1 is 1.06 bits per heavy atom. The molecule has 0 radical (unpaired) electrons. The van der Waals surface area contributed by atoms with Crippen LogP contribution in [0, 0.1) is 0 Å². The fourth-order valence-electron chi connectivity index (χ4n) is 2.85. The zero-order valence-corrected chi connectivity index (χ0v) is 19.7. The lowest BCUT2D eigenvalue weighted by Gasteiger charge is -2.29. The van der Waals surface area contributed by atoms with Gasteiger partial charge < -0.3 is 0 Å². The van der Waals surface area contributed by atoms with Crippen LogP contribution in [-0.2, 0) is 9.59 Å². The van der Waals surface area contributed by atoms with Crippen molar-refractivity contribution in [2.24, 2.45) is 0 Å². The highest BCUT2D eigenvalue weighted by molar-refractivity contribution is 9.10. The summed E-state index contributed by atoms with van der Waals surface area (Å²) in [5.74, 6) is -1.07. The lowest BCUT2D eigenvalue weighted by Crippen LogP contribution is -2.54. The van der Waals surface area contributed by atoms with E-state index in [0.717, 1.165) is 9.37 Å². The topological polar surface area (TPSA) is 62.3 Å². The Bertz CT molecular complexity index is 1210. The van der Waals surface area contributed by atoms with E-state index >= 15 is 0 Å². The number of aromatic nitrogens is 1. The first-order valence-corrected chi connectivity index (χ1v) is 11.4. The van der Waals surface area contributed by atoms with Gasteiger partial charge in [-0.3, -0.25) is 19.8 Å². The molecule has 4 rings (SSSR count). The van der Waals surface area contributed by atoms with E-state index in [4.69, 9.17) is 23.8 Å². The summed E-state index contributed by atoms with van der Waals surface area (Å²) >= 11 is 16.0. The summed E-state index contributed by atoms with van der Waals surface area (Å²) in [5, 5.41) is 3.80. The number of hydrogen-bond acceptors (Lipinski definition) is 5. The number of anilines is 1. The van der Waals surface area contributed by atoms with E-state index in [1.165, 1.54) is 22.7 Å². The van der Waals surface area contributed by atoms with Crippen LogP contribution < -0.4 is 10.2 Å². The molecular weight excluding hydrogens is 518 g/mol. The minimum atomic E-state index is -0.552. The van der Waals surface area contributed by atoms with Crippen LogP contribution in [0.3, 0.4) is 0 Å². The van der Waals surface area contributed by atoms with Crippen LogP contribution in [0.2, 0.25) is 5.02 Å². The summed E-state index contributed by atoms with van der Waals surface area (Å²) in [5.41, 5.74) is 1.13. The van der Waals surface area contributed by atoms with Gasteiger partial charge in [-0.05, 0) is 72.9 Å². The number of nitrogens with one attached hydrogen (secondary N) is 1. The summed E-state index contributed by atoms with van der Waals surface area (Å²) in [6.07, 6.45) is 3.21. The van der Waals surface area contributed by atoms with Crippen LogP contribution >= 0.6 is 51.5 Å². The summed E-state index contributed by atoms with van der Waals surface area (Å²) in [6.45, 7) is 0. The average molecular weight is 531 g/mol. The highest BCUT2D eigenvalue weighted by Gasteiger charge is 2.34. The third-order valence-electron chi connectivity index (χ3n) is 4.32. The van der Waals surface area contributed by atoms with E-state index < -0.39 is 11.8 Å². The SMILES string of the molecule is O=C1NC(=S)N(c2ccc(Cl)cc2)C(=O)/C1=C\c1cccnc1Sc1ccc(Br)cc1. The monoisotopic (exact) mass is 529 g/mol. The minimum Gasteiger partial charge on any atom is -0.298 e. The average Bonchev–Trinajstić information content (AvgIpc) is 2.75. The number of rotatable bonds is 4. The van der Waals surface area contributed by atoms with Crippen LogP contribution in [0.5, 0.6) is 0 Å². The molecular formula is C22H13BrClN3O2S2. The van der Waals surface area contributed by atoms with E-state index in [-0.39, 0.29) is 10.7 Å². The molecule has 1 N–H and O–H groups in total. The van der Waals surface area contributed by atoms with Crippen molar-refractivity contribution in [2.75, 3.05) is 4.90 Å². The number of carbonyl (C=O) groups is 2. The quantitative estimate of drug-likeness (QED) is 0.275. The van der Waals surface area contributed by atoms with Crippen molar-refractivity contribution in [3.8, 4) is 0 Å². The summed E-state index contributed by atoms with van der Waals surface area (Å²) in [4.78, 5) is 32.5. The minimum absolute atomic E-state index is 0.0186. The van der Waals surface area contributed by atoms with Gasteiger partial charge in [0.15, 0.2) is 5.11 Å². The Morgan fingerprint density at radius 3 is 2.48 bits per heavy atom. The van der Waals surface area contributed by atoms with Gasteiger partial charge in [0.2, 0.25) is 0 Å². The van der Waals surface area contributed by atoms with E-state index in [9.17, 15) is 9.59 Å². The first kappa shape index (κ1) is 21.7. The van der Waals surface area contributed by atoms with Crippen LogP contribution in [0.15, 0.2) is 86.8 Å². The van der Waals surface area contributed by atoms with Crippen molar-refractivity contribution in [3.63, 3.8) is 0 Å². The number of thiocarbonyl (C=S) groups is 1. The third-order valence-corrected chi connectivity index (χ3v) is 6.42. The molecule has 2 heterocycles. The zero-order chi connectivity index (χ0) is 22.0. The van der Waals surface area contributed by atoms with Gasteiger partial charge in [-0.1, -0.05) is 45.4 Å². The molecule has 0 unspecified atom stereocenters. The van der Waals surface area contributed by atoms with E-state index in [2.05, 4.69) is 26.2 Å². The summed E-state index contributed by atoms with van der Waals surface area (Å²) < 4.78 is 0.975. The molecule has 1 saturated heterocycles. The molecule has 1 aromatic heterocycles. The van der Waals surface area contributed by atoms with Gasteiger partial charge in [-0.15, -0.1) is 0 Å². The molecule has 1 aliphatic heterocycles. The number of benzene rings is 2. The Morgan fingerprint density at radius 2 is 1.77 bits per heavy atom. The van der Waals surface area contributed by atoms with Gasteiger partial charge >= 0.3 is 0 Å². The number of halogens is 2. The first-order chi connectivity index (χ1) is 14.9. The predicted octanol–water partition coefficient (Wildman–Crippen LogP) is 5.48. The second kappa shape index (κ2) is 9.32. The zero-order valence-electron chi connectivity index (χ0n) is 15.7. The maximum Gasteiger partial charge on any atom is 0.270 e. The summed E-state index contributed by atoms with van der Waals surface area (Å²) in [6, 6.07) is 18.0. The molecule has 0 aliphatic carbocycles. The highest BCUT2D eigenvalue weighted by Crippen LogP contribution is 2.31. The van der Waals surface area contributed by atoms with Gasteiger partial charge in [0, 0.05) is 26.2 Å². The van der Waals surface area contributed by atoms with Crippen LogP contribution in [0.1, 0.15) is 5.56 Å². The molecule has 0 bridgehead atoms. The molecule has 0 spiro atoms. The van der Waals surface area contributed by atoms with Crippen LogP contribution in [-0.4, -0.2) is 21.9 Å². The van der Waals surface area contributed by atoms with Gasteiger partial charge in [0.1, 0.15) is 10.6 Å². The van der Waals surface area contributed by atoms with Gasteiger partial charge in [-0.2, -0.15) is 0 Å². The predicted molar refractivity (Wildman–Crippen MR) is 130 cm³/mol. The molecule has 3 aromatic rings. The molecule has 2 aromatic carbocycles. The normalized spacial score (nSPS) is 15.4. The van der Waals surface area contributed by atoms with Crippen molar-refractivity contribution in [2.45, 2.75) is 9.92 Å². The van der Waals surface area contributed by atoms with Gasteiger partial charge in [-0.25, -0.2) is 4.98 Å². The fourth-order valence-corrected chi connectivity index (χ4v) is 4.38. The number of pyridine rings is 1. The third kappa shape index (κ3) is 4.88. The van der Waals surface area contributed by atoms with Crippen molar-refractivity contribution >= 4 is 80.2 Å². The maximum atomic E-state index is 13.2. The lowest BCUT2D eigenvalue weighted by molar-refractivity contribution is -0.122. The number of hydrogen-bond donors (Lipinski definition) is 1. The maximum absolute atomic E-state index is 13.2. The first-order valence-electron chi connectivity index (χ1n) is 8.98. The smallest absolute Gasteiger partial charge is 0.270 e. The Balaban J connectivity index is 1.69. The molecule has 2 amide bonds. The van der Waals surface area contributed by atoms with Crippen LogP contribution in [0.4, 0.5) is 5.69 Å². The molecule has 1 fully saturated rings. The number of amides is 2. The number of carbonyl (C=O) groups excluding carboxylic acids is 2. The Hall–Kier alpha value is -2.52. The van der Waals surface area contributed by atoms with E-state index in [1.54, 1.807) is 42.6 Å². The van der Waals surface area contributed by atoms with Gasteiger partial charge in [0.25, 0.3) is 11.8 Å². The molecule has 154 valence electrons. The van der Waals surface area contributed by atoms with E-state index in [1.807, 2.05) is 24.3 Å². The molecule has 31 heavy (non-hydrogen) atoms. The standard InChI is InChI=1S/C22H13BrClN3O2S2/c23-14-3-9-17(10-4-14)31-20-13(2-1-11-25-20)12-18-19(28)26-22(30)27(21(18)29)16-7-5-15(24)6-8-16/h1-12H,(H,26,28,30)/b18-12-. The van der Waals surface area contributed by atoms with Crippen molar-refractivity contribution in [1.82, 2.24) is 10.3 Å². The van der Waals surface area contributed by atoms with E-state index in [0.29, 0.717) is 21.3 Å². The van der Waals surface area contributed by atoms with Crippen LogP contribution in [0.25, 0.3) is 6.08 Å². The summed E-state index contributed by atoms with van der Waals surface area (Å²) in [7, 11) is 0. The Kier molecular flexibility index (Phi) is 6.52. The van der Waals surface area contributed by atoms with Crippen molar-refractivity contribution in [3.05, 3.63) is 87.5 Å². The van der Waals surface area contributed by atoms with Crippen molar-refractivity contribution < 1.29 is 9.59 Å². The molecule has 1 aliphatic rings. The lowest BCUT2D eigenvalue weighted by atomic mass is 10.1. The largest absolute Gasteiger partial charge is 0.298 e. The fraction of sp³-hybridized carbons (Fsp3) is 0. The molecule has 9 heteroatoms. The highest BCUT2D eigenvalue weighted by atomic mass is 79.9. The molecule has 5 nitrogen and oxygen atoms in total.